The predicted octanol–water partition coefficient (Wildman–Crippen LogP) is 3.16. The molecule has 0 bridgehead atoms. The maximum absolute atomic E-state index is 13.0. The lowest BCUT2D eigenvalue weighted by atomic mass is 9.95. The number of ketones is 1. The van der Waals surface area contributed by atoms with E-state index in [1.165, 1.54) is 0 Å². The first-order chi connectivity index (χ1) is 14.8. The van der Waals surface area contributed by atoms with Gasteiger partial charge in [-0.3, -0.25) is 14.6 Å². The van der Waals surface area contributed by atoms with E-state index in [0.717, 1.165) is 17.7 Å². The van der Waals surface area contributed by atoms with Gasteiger partial charge in [0.25, 0.3) is 11.7 Å². The fourth-order valence-electron chi connectivity index (χ4n) is 3.83. The summed E-state index contributed by atoms with van der Waals surface area (Å²) in [6.45, 7) is 5.51. The number of aliphatic hydroxyl groups is 1. The number of hydrogen-bond acceptors (Lipinski definition) is 6. The number of carbonyl (C=O) groups is 2. The van der Waals surface area contributed by atoms with E-state index in [-0.39, 0.29) is 11.3 Å². The minimum Gasteiger partial charge on any atom is -0.507 e. The van der Waals surface area contributed by atoms with E-state index >= 15 is 0 Å². The SMILES string of the molecule is CCOc1ccc(/C(O)=C2/C(=O)C(=O)N(CCCN(C)C)C2c2ccncc2)cc1C. The molecule has 1 saturated heterocycles. The van der Waals surface area contributed by atoms with Gasteiger partial charge in [0, 0.05) is 24.5 Å². The molecule has 31 heavy (non-hydrogen) atoms. The third-order valence-corrected chi connectivity index (χ3v) is 5.31. The van der Waals surface area contributed by atoms with Crippen LogP contribution >= 0.6 is 0 Å². The molecule has 1 aromatic heterocycles. The lowest BCUT2D eigenvalue weighted by molar-refractivity contribution is -0.139. The van der Waals surface area contributed by atoms with Gasteiger partial charge in [0.2, 0.25) is 0 Å². The van der Waals surface area contributed by atoms with Crippen molar-refractivity contribution in [3.05, 3.63) is 65.0 Å². The zero-order valence-electron chi connectivity index (χ0n) is 18.5. The highest BCUT2D eigenvalue weighted by Gasteiger charge is 2.45. The molecule has 1 N–H and O–H groups in total. The largest absolute Gasteiger partial charge is 0.507 e. The van der Waals surface area contributed by atoms with Crippen molar-refractivity contribution >= 4 is 17.4 Å². The number of rotatable bonds is 8. The number of hydrogen-bond donors (Lipinski definition) is 1. The van der Waals surface area contributed by atoms with Crippen LogP contribution in [-0.4, -0.2) is 65.4 Å². The Morgan fingerprint density at radius 2 is 1.90 bits per heavy atom. The van der Waals surface area contributed by atoms with Gasteiger partial charge in [0.05, 0.1) is 18.2 Å². The summed E-state index contributed by atoms with van der Waals surface area (Å²) in [6.07, 6.45) is 3.95. The molecule has 1 atom stereocenters. The van der Waals surface area contributed by atoms with Crippen LogP contribution in [-0.2, 0) is 9.59 Å². The van der Waals surface area contributed by atoms with Crippen LogP contribution in [0.4, 0.5) is 0 Å². The molecule has 164 valence electrons. The van der Waals surface area contributed by atoms with Crippen molar-refractivity contribution in [2.75, 3.05) is 33.8 Å². The Balaban J connectivity index is 2.06. The first-order valence-electron chi connectivity index (χ1n) is 10.4. The van der Waals surface area contributed by atoms with Crippen molar-refractivity contribution in [1.82, 2.24) is 14.8 Å². The Hall–Kier alpha value is -3.19. The van der Waals surface area contributed by atoms with Crippen LogP contribution in [0, 0.1) is 6.92 Å². The van der Waals surface area contributed by atoms with E-state index in [9.17, 15) is 14.7 Å². The van der Waals surface area contributed by atoms with Gasteiger partial charge in [-0.15, -0.1) is 0 Å². The van der Waals surface area contributed by atoms with Gasteiger partial charge in [-0.1, -0.05) is 0 Å². The minimum absolute atomic E-state index is 0.101. The molecule has 1 aliphatic heterocycles. The highest BCUT2D eigenvalue weighted by atomic mass is 16.5. The molecule has 1 aliphatic rings. The summed E-state index contributed by atoms with van der Waals surface area (Å²) < 4.78 is 5.57. The second-order valence-electron chi connectivity index (χ2n) is 7.84. The second kappa shape index (κ2) is 9.75. The number of nitrogens with zero attached hydrogens (tertiary/aromatic N) is 3. The number of amides is 1. The Labute approximate surface area is 183 Å². The normalized spacial score (nSPS) is 18.1. The van der Waals surface area contributed by atoms with E-state index in [0.29, 0.717) is 30.9 Å². The van der Waals surface area contributed by atoms with Gasteiger partial charge < -0.3 is 19.6 Å². The standard InChI is InChI=1S/C24H29N3O4/c1-5-31-19-8-7-18(15-16(19)2)22(28)20-21(17-9-11-25-12-10-17)27(24(30)23(20)29)14-6-13-26(3)4/h7-12,15,21,28H,5-6,13-14H2,1-4H3/b22-20-. The Morgan fingerprint density at radius 1 is 1.19 bits per heavy atom. The molecule has 2 heterocycles. The van der Waals surface area contributed by atoms with Gasteiger partial charge >= 0.3 is 0 Å². The monoisotopic (exact) mass is 423 g/mol. The third kappa shape index (κ3) is 4.77. The Morgan fingerprint density at radius 3 is 2.52 bits per heavy atom. The number of aryl methyl sites for hydroxylation is 1. The number of benzene rings is 1. The van der Waals surface area contributed by atoms with Crippen molar-refractivity contribution in [3.63, 3.8) is 0 Å². The van der Waals surface area contributed by atoms with Gasteiger partial charge in [-0.05, 0) is 82.4 Å². The summed E-state index contributed by atoms with van der Waals surface area (Å²) in [4.78, 5) is 33.5. The number of pyridine rings is 1. The average Bonchev–Trinajstić information content (AvgIpc) is 3.00. The summed E-state index contributed by atoms with van der Waals surface area (Å²) in [5.41, 5.74) is 2.16. The molecule has 2 aromatic rings. The number of ether oxygens (including phenoxy) is 1. The van der Waals surface area contributed by atoms with Crippen LogP contribution in [0.25, 0.3) is 5.76 Å². The fourth-order valence-corrected chi connectivity index (χ4v) is 3.83. The summed E-state index contributed by atoms with van der Waals surface area (Å²) in [7, 11) is 3.92. The van der Waals surface area contributed by atoms with Gasteiger partial charge in [-0.2, -0.15) is 0 Å². The molecule has 7 heteroatoms. The Kier molecular flexibility index (Phi) is 7.07. The van der Waals surface area contributed by atoms with E-state index < -0.39 is 17.7 Å². The fraction of sp³-hybridized carbons (Fsp3) is 0.375. The zero-order valence-corrected chi connectivity index (χ0v) is 18.5. The van der Waals surface area contributed by atoms with Crippen LogP contribution < -0.4 is 4.74 Å². The Bertz CT molecular complexity index is 986. The number of aromatic nitrogens is 1. The molecule has 1 amide bonds. The lowest BCUT2D eigenvalue weighted by Crippen LogP contribution is -2.32. The van der Waals surface area contributed by atoms with Crippen LogP contribution in [0.3, 0.4) is 0 Å². The van der Waals surface area contributed by atoms with Crippen molar-refractivity contribution in [1.29, 1.82) is 0 Å². The van der Waals surface area contributed by atoms with Crippen LogP contribution in [0.2, 0.25) is 0 Å². The summed E-state index contributed by atoms with van der Waals surface area (Å²) >= 11 is 0. The smallest absolute Gasteiger partial charge is 0.295 e. The van der Waals surface area contributed by atoms with Crippen molar-refractivity contribution in [3.8, 4) is 5.75 Å². The first-order valence-corrected chi connectivity index (χ1v) is 10.4. The average molecular weight is 424 g/mol. The molecule has 3 rings (SSSR count). The third-order valence-electron chi connectivity index (χ3n) is 5.31. The van der Waals surface area contributed by atoms with Crippen molar-refractivity contribution in [2.45, 2.75) is 26.3 Å². The topological polar surface area (TPSA) is 83.0 Å². The number of likely N-dealkylation sites (tertiary alicyclic amines) is 1. The molecule has 1 fully saturated rings. The first kappa shape index (κ1) is 22.5. The minimum atomic E-state index is -0.671. The molecule has 0 spiro atoms. The lowest BCUT2D eigenvalue weighted by Gasteiger charge is -2.25. The highest BCUT2D eigenvalue weighted by molar-refractivity contribution is 6.46. The zero-order chi connectivity index (χ0) is 22.5. The molecular formula is C24H29N3O4. The highest BCUT2D eigenvalue weighted by Crippen LogP contribution is 2.39. The second-order valence-corrected chi connectivity index (χ2v) is 7.84. The summed E-state index contributed by atoms with van der Waals surface area (Å²) in [5.74, 6) is -0.726. The maximum atomic E-state index is 13.0. The van der Waals surface area contributed by atoms with E-state index in [2.05, 4.69) is 4.98 Å². The quantitative estimate of drug-likeness (QED) is 0.399. The molecule has 7 nitrogen and oxygen atoms in total. The number of aliphatic hydroxyl groups excluding tert-OH is 1. The number of carbonyl (C=O) groups excluding carboxylic acids is 2. The molecular weight excluding hydrogens is 394 g/mol. The van der Waals surface area contributed by atoms with E-state index in [4.69, 9.17) is 4.74 Å². The van der Waals surface area contributed by atoms with Gasteiger partial charge in [0.15, 0.2) is 0 Å². The molecule has 1 unspecified atom stereocenters. The molecule has 0 aliphatic carbocycles. The molecule has 0 saturated carbocycles. The number of Topliss-reactive ketones (excluding diaryl/α,β-unsaturated/α-hetero) is 1. The van der Waals surface area contributed by atoms with Crippen molar-refractivity contribution < 1.29 is 19.4 Å². The van der Waals surface area contributed by atoms with Crippen LogP contribution in [0.1, 0.15) is 36.1 Å². The van der Waals surface area contributed by atoms with Crippen LogP contribution in [0.15, 0.2) is 48.3 Å². The van der Waals surface area contributed by atoms with Gasteiger partial charge in [-0.25, -0.2) is 0 Å². The van der Waals surface area contributed by atoms with Gasteiger partial charge in [0.1, 0.15) is 11.5 Å². The molecule has 0 radical (unpaired) electrons. The van der Waals surface area contributed by atoms with Crippen molar-refractivity contribution in [2.24, 2.45) is 0 Å². The summed E-state index contributed by atoms with van der Waals surface area (Å²) in [6, 6.07) is 8.12. The van der Waals surface area contributed by atoms with Crippen LogP contribution in [0.5, 0.6) is 5.75 Å². The molecule has 1 aromatic carbocycles. The van der Waals surface area contributed by atoms with E-state index in [1.54, 1.807) is 47.6 Å². The predicted molar refractivity (Wildman–Crippen MR) is 119 cm³/mol. The summed E-state index contributed by atoms with van der Waals surface area (Å²) in [5, 5.41) is 11.1. The van der Waals surface area contributed by atoms with E-state index in [1.807, 2.05) is 32.8 Å². The maximum Gasteiger partial charge on any atom is 0.295 e.